The number of aryl methyl sites for hydroxylation is 2. The highest BCUT2D eigenvalue weighted by Crippen LogP contribution is 2.19. The Kier molecular flexibility index (Phi) is 3.05. The van der Waals surface area contributed by atoms with E-state index in [1.807, 2.05) is 0 Å². The summed E-state index contributed by atoms with van der Waals surface area (Å²) in [5, 5.41) is 6.66. The van der Waals surface area contributed by atoms with Crippen LogP contribution in [0.2, 0.25) is 0 Å². The zero-order valence-electron chi connectivity index (χ0n) is 9.35. The summed E-state index contributed by atoms with van der Waals surface area (Å²) in [4.78, 5) is 20.2. The third-order valence-electron chi connectivity index (χ3n) is 1.99. The Balaban J connectivity index is 2.00. The first-order valence-corrected chi connectivity index (χ1v) is 5.68. The first-order valence-electron chi connectivity index (χ1n) is 4.86. The second-order valence-electron chi connectivity index (χ2n) is 3.38. The number of thiazole rings is 1. The van der Waals surface area contributed by atoms with Crippen molar-refractivity contribution in [3.05, 3.63) is 22.3 Å². The molecule has 90 valence electrons. The Bertz CT molecular complexity index is 547. The first-order chi connectivity index (χ1) is 8.06. The predicted octanol–water partition coefficient (Wildman–Crippen LogP) is 0.655. The molecule has 0 aliphatic heterocycles. The van der Waals surface area contributed by atoms with E-state index in [-0.39, 0.29) is 12.5 Å². The molecule has 2 aromatic rings. The van der Waals surface area contributed by atoms with Crippen LogP contribution in [0.1, 0.15) is 27.1 Å². The highest BCUT2D eigenvalue weighted by atomic mass is 32.1. The molecule has 0 aliphatic rings. The van der Waals surface area contributed by atoms with Crippen molar-refractivity contribution in [1.82, 2.24) is 20.4 Å². The largest absolute Gasteiger partial charge is 0.375 e. The number of amides is 1. The van der Waals surface area contributed by atoms with Crippen molar-refractivity contribution in [2.45, 2.75) is 20.4 Å². The Hall–Kier alpha value is -1.96. The molecule has 0 aliphatic carbocycles. The number of nitrogens with zero attached hydrogens (tertiary/aromatic N) is 3. The molecule has 0 saturated heterocycles. The number of rotatable bonds is 3. The van der Waals surface area contributed by atoms with Gasteiger partial charge in [-0.25, -0.2) is 4.98 Å². The third-order valence-corrected chi connectivity index (χ3v) is 2.97. The normalized spacial score (nSPS) is 10.5. The lowest BCUT2D eigenvalue weighted by Gasteiger charge is -1.99. The summed E-state index contributed by atoms with van der Waals surface area (Å²) in [6, 6.07) is 0. The summed E-state index contributed by atoms with van der Waals surface area (Å²) in [6.07, 6.45) is 0. The Morgan fingerprint density at radius 3 is 2.76 bits per heavy atom. The van der Waals surface area contributed by atoms with E-state index in [0.29, 0.717) is 27.4 Å². The monoisotopic (exact) mass is 253 g/mol. The van der Waals surface area contributed by atoms with Gasteiger partial charge in [-0.2, -0.15) is 4.98 Å². The number of hydrogen-bond donors (Lipinski definition) is 2. The van der Waals surface area contributed by atoms with E-state index in [9.17, 15) is 4.79 Å². The van der Waals surface area contributed by atoms with Gasteiger partial charge in [-0.1, -0.05) is 16.5 Å². The minimum Gasteiger partial charge on any atom is -0.375 e. The minimum atomic E-state index is -0.243. The lowest BCUT2D eigenvalue weighted by molar-refractivity contribution is 0.0949. The van der Waals surface area contributed by atoms with E-state index in [4.69, 9.17) is 10.3 Å². The molecule has 0 bridgehead atoms. The van der Waals surface area contributed by atoms with Crippen LogP contribution < -0.4 is 11.1 Å². The van der Waals surface area contributed by atoms with E-state index in [1.165, 1.54) is 0 Å². The summed E-state index contributed by atoms with van der Waals surface area (Å²) < 4.78 is 4.87. The number of nitrogen functional groups attached to an aromatic ring is 1. The Morgan fingerprint density at radius 2 is 2.24 bits per heavy atom. The number of hydrogen-bond acceptors (Lipinski definition) is 7. The molecule has 7 nitrogen and oxygen atoms in total. The molecule has 3 N–H and O–H groups in total. The van der Waals surface area contributed by atoms with Crippen LogP contribution in [0.3, 0.4) is 0 Å². The van der Waals surface area contributed by atoms with E-state index in [1.54, 1.807) is 13.8 Å². The number of anilines is 1. The van der Waals surface area contributed by atoms with Gasteiger partial charge in [0.1, 0.15) is 4.88 Å². The zero-order valence-corrected chi connectivity index (χ0v) is 10.2. The van der Waals surface area contributed by atoms with Gasteiger partial charge in [0.2, 0.25) is 5.89 Å². The Labute approximate surface area is 101 Å². The molecule has 8 heteroatoms. The van der Waals surface area contributed by atoms with Gasteiger partial charge in [0.05, 0.1) is 12.2 Å². The molecule has 0 aromatic carbocycles. The molecule has 1 amide bonds. The van der Waals surface area contributed by atoms with Crippen LogP contribution in [-0.4, -0.2) is 21.0 Å². The van der Waals surface area contributed by atoms with Gasteiger partial charge in [-0.15, -0.1) is 0 Å². The van der Waals surface area contributed by atoms with Crippen LogP contribution in [0.15, 0.2) is 4.52 Å². The number of aromatic nitrogens is 3. The van der Waals surface area contributed by atoms with Crippen molar-refractivity contribution in [3.8, 4) is 0 Å². The van der Waals surface area contributed by atoms with Gasteiger partial charge < -0.3 is 15.6 Å². The van der Waals surface area contributed by atoms with Gasteiger partial charge in [0, 0.05) is 0 Å². The molecule has 0 spiro atoms. The fourth-order valence-electron chi connectivity index (χ4n) is 1.28. The fourth-order valence-corrected chi connectivity index (χ4v) is 2.03. The first kappa shape index (κ1) is 11.5. The highest BCUT2D eigenvalue weighted by Gasteiger charge is 2.14. The van der Waals surface area contributed by atoms with Crippen molar-refractivity contribution in [2.24, 2.45) is 0 Å². The molecule has 2 aromatic heterocycles. The molecule has 0 saturated carbocycles. The SMILES string of the molecule is Cc1noc(CNC(=O)c2sc(N)nc2C)n1. The fraction of sp³-hybridized carbons (Fsp3) is 0.333. The highest BCUT2D eigenvalue weighted by molar-refractivity contribution is 7.17. The molecule has 2 heterocycles. The molecule has 0 unspecified atom stereocenters. The molecular formula is C9H11N5O2S. The van der Waals surface area contributed by atoms with Crippen LogP contribution >= 0.6 is 11.3 Å². The van der Waals surface area contributed by atoms with Crippen molar-refractivity contribution in [2.75, 3.05) is 5.73 Å². The topological polar surface area (TPSA) is 107 Å². The Morgan fingerprint density at radius 1 is 1.47 bits per heavy atom. The van der Waals surface area contributed by atoms with Crippen molar-refractivity contribution < 1.29 is 9.32 Å². The lowest BCUT2D eigenvalue weighted by atomic mass is 10.4. The molecular weight excluding hydrogens is 242 g/mol. The molecule has 0 radical (unpaired) electrons. The van der Waals surface area contributed by atoms with Crippen LogP contribution in [0.25, 0.3) is 0 Å². The number of carbonyl (C=O) groups is 1. The van der Waals surface area contributed by atoms with Crippen LogP contribution in [0.4, 0.5) is 5.13 Å². The second kappa shape index (κ2) is 4.50. The average Bonchev–Trinajstić information content (AvgIpc) is 2.81. The van der Waals surface area contributed by atoms with Crippen molar-refractivity contribution in [3.63, 3.8) is 0 Å². The number of carbonyl (C=O) groups excluding carboxylic acids is 1. The average molecular weight is 253 g/mol. The summed E-state index contributed by atoms with van der Waals surface area (Å²) in [7, 11) is 0. The molecule has 0 atom stereocenters. The van der Waals surface area contributed by atoms with Crippen molar-refractivity contribution in [1.29, 1.82) is 0 Å². The minimum absolute atomic E-state index is 0.191. The summed E-state index contributed by atoms with van der Waals surface area (Å²) >= 11 is 1.15. The van der Waals surface area contributed by atoms with Gasteiger partial charge in [0.25, 0.3) is 5.91 Å². The van der Waals surface area contributed by atoms with Crippen LogP contribution in [-0.2, 0) is 6.54 Å². The maximum atomic E-state index is 11.8. The van der Waals surface area contributed by atoms with Gasteiger partial charge in [-0.05, 0) is 13.8 Å². The van der Waals surface area contributed by atoms with Gasteiger partial charge in [-0.3, -0.25) is 4.79 Å². The van der Waals surface area contributed by atoms with Gasteiger partial charge >= 0.3 is 0 Å². The van der Waals surface area contributed by atoms with E-state index >= 15 is 0 Å². The number of nitrogens with one attached hydrogen (secondary N) is 1. The van der Waals surface area contributed by atoms with Crippen molar-refractivity contribution >= 4 is 22.4 Å². The quantitative estimate of drug-likeness (QED) is 0.831. The summed E-state index contributed by atoms with van der Waals surface area (Å²) in [5.74, 6) is 0.658. The predicted molar refractivity (Wildman–Crippen MR) is 61.5 cm³/mol. The third kappa shape index (κ3) is 2.59. The lowest BCUT2D eigenvalue weighted by Crippen LogP contribution is -2.22. The van der Waals surface area contributed by atoms with E-state index in [0.717, 1.165) is 11.3 Å². The van der Waals surface area contributed by atoms with E-state index < -0.39 is 0 Å². The maximum absolute atomic E-state index is 11.8. The van der Waals surface area contributed by atoms with Crippen LogP contribution in [0.5, 0.6) is 0 Å². The summed E-state index contributed by atoms with van der Waals surface area (Å²) in [6.45, 7) is 3.64. The number of nitrogens with two attached hydrogens (primary N) is 1. The summed E-state index contributed by atoms with van der Waals surface area (Å²) in [5.41, 5.74) is 6.13. The van der Waals surface area contributed by atoms with E-state index in [2.05, 4.69) is 20.4 Å². The second-order valence-corrected chi connectivity index (χ2v) is 4.42. The molecule has 2 rings (SSSR count). The van der Waals surface area contributed by atoms with Crippen LogP contribution in [0, 0.1) is 13.8 Å². The zero-order chi connectivity index (χ0) is 12.4. The molecule has 0 fully saturated rings. The smallest absolute Gasteiger partial charge is 0.263 e. The van der Waals surface area contributed by atoms with Gasteiger partial charge in [0.15, 0.2) is 11.0 Å². The standard InChI is InChI=1S/C9H11N5O2S/c1-4-7(17-9(10)12-4)8(15)11-3-6-13-5(2)14-16-6/h3H2,1-2H3,(H2,10,12)(H,11,15). The maximum Gasteiger partial charge on any atom is 0.263 e. The molecule has 17 heavy (non-hydrogen) atoms.